The van der Waals surface area contributed by atoms with Gasteiger partial charge >= 0.3 is 0 Å². The molecule has 1 saturated heterocycles. The molecule has 1 aliphatic rings. The summed E-state index contributed by atoms with van der Waals surface area (Å²) in [5.41, 5.74) is 0.0708. The van der Waals surface area contributed by atoms with Crippen LogP contribution in [-0.2, 0) is 9.47 Å². The van der Waals surface area contributed by atoms with Gasteiger partial charge in [0.1, 0.15) is 17.8 Å². The van der Waals surface area contributed by atoms with Crippen molar-refractivity contribution in [2.75, 3.05) is 19.8 Å². The lowest BCUT2D eigenvalue weighted by atomic mass is 10.0. The fourth-order valence-corrected chi connectivity index (χ4v) is 3.64. The lowest BCUT2D eigenvalue weighted by Gasteiger charge is -2.13. The van der Waals surface area contributed by atoms with E-state index in [1.807, 2.05) is 0 Å². The van der Waals surface area contributed by atoms with Crippen LogP contribution in [0.15, 0.2) is 50.3 Å². The van der Waals surface area contributed by atoms with E-state index in [9.17, 15) is 9.18 Å². The van der Waals surface area contributed by atoms with Gasteiger partial charge in [0.25, 0.3) is 0 Å². The van der Waals surface area contributed by atoms with Crippen LogP contribution >= 0.6 is 27.5 Å². The van der Waals surface area contributed by atoms with Crippen LogP contribution in [0.25, 0.3) is 22.1 Å². The van der Waals surface area contributed by atoms with Gasteiger partial charge in [0.15, 0.2) is 11.9 Å². The largest absolute Gasteiger partial charge is 0.492 e. The summed E-state index contributed by atoms with van der Waals surface area (Å²) < 4.78 is 37.0. The van der Waals surface area contributed by atoms with E-state index < -0.39 is 5.82 Å². The Labute approximate surface area is 173 Å². The van der Waals surface area contributed by atoms with Gasteiger partial charge in [0, 0.05) is 12.0 Å². The highest BCUT2D eigenvalue weighted by molar-refractivity contribution is 9.10. The number of fused-ring (bicyclic) bond motifs is 1. The molecule has 8 heteroatoms. The second-order valence-corrected chi connectivity index (χ2v) is 7.43. The molecule has 0 N–H and O–H groups in total. The predicted octanol–water partition coefficient (Wildman–Crippen LogP) is 5.16. The SMILES string of the molecule is O=c1c(-c2cc(OCCC3OCCO3)c(Br)cc2F)coc2c(Cl)cccc12. The van der Waals surface area contributed by atoms with Crippen molar-refractivity contribution in [1.29, 1.82) is 0 Å². The molecular weight excluding hydrogens is 455 g/mol. The van der Waals surface area contributed by atoms with Gasteiger partial charge in [-0.15, -0.1) is 0 Å². The lowest BCUT2D eigenvalue weighted by Crippen LogP contribution is -2.13. The summed E-state index contributed by atoms with van der Waals surface area (Å²) in [5.74, 6) is -0.171. The zero-order valence-electron chi connectivity index (χ0n) is 14.5. The average molecular weight is 470 g/mol. The van der Waals surface area contributed by atoms with Gasteiger partial charge in [-0.2, -0.15) is 0 Å². The molecule has 4 rings (SSSR count). The minimum Gasteiger partial charge on any atom is -0.492 e. The molecule has 1 aromatic heterocycles. The van der Waals surface area contributed by atoms with Gasteiger partial charge in [-0.3, -0.25) is 4.79 Å². The fraction of sp³-hybridized carbons (Fsp3) is 0.250. The third-order valence-corrected chi connectivity index (χ3v) is 5.28. The molecule has 146 valence electrons. The maximum Gasteiger partial charge on any atom is 0.200 e. The second kappa shape index (κ2) is 8.21. The van der Waals surface area contributed by atoms with Crippen molar-refractivity contribution in [2.24, 2.45) is 0 Å². The van der Waals surface area contributed by atoms with Crippen molar-refractivity contribution in [3.05, 3.63) is 62.1 Å². The fourth-order valence-electron chi connectivity index (χ4n) is 2.99. The normalized spacial score (nSPS) is 14.7. The molecule has 3 aromatic rings. The number of halogens is 3. The number of benzene rings is 2. The van der Waals surface area contributed by atoms with Crippen LogP contribution in [0.5, 0.6) is 5.75 Å². The van der Waals surface area contributed by atoms with Crippen molar-refractivity contribution in [1.82, 2.24) is 0 Å². The second-order valence-electron chi connectivity index (χ2n) is 6.17. The first-order chi connectivity index (χ1) is 13.5. The quantitative estimate of drug-likeness (QED) is 0.517. The molecule has 2 heterocycles. The van der Waals surface area contributed by atoms with Crippen molar-refractivity contribution in [3.8, 4) is 16.9 Å². The van der Waals surface area contributed by atoms with Crippen LogP contribution in [0.3, 0.4) is 0 Å². The van der Waals surface area contributed by atoms with Crippen LogP contribution < -0.4 is 10.2 Å². The maximum absolute atomic E-state index is 14.6. The lowest BCUT2D eigenvalue weighted by molar-refractivity contribution is -0.0531. The summed E-state index contributed by atoms with van der Waals surface area (Å²) in [6.07, 6.45) is 1.46. The molecule has 28 heavy (non-hydrogen) atoms. The van der Waals surface area contributed by atoms with Crippen LogP contribution in [0.1, 0.15) is 6.42 Å². The topological polar surface area (TPSA) is 57.9 Å². The minimum atomic E-state index is -0.574. The van der Waals surface area contributed by atoms with Crippen LogP contribution in [0, 0.1) is 5.82 Å². The Hall–Kier alpha value is -1.93. The minimum absolute atomic E-state index is 0.0854. The van der Waals surface area contributed by atoms with E-state index in [1.165, 1.54) is 18.4 Å². The molecule has 0 spiro atoms. The summed E-state index contributed by atoms with van der Waals surface area (Å²) in [6, 6.07) is 7.58. The molecule has 2 aromatic carbocycles. The highest BCUT2D eigenvalue weighted by Crippen LogP contribution is 2.34. The number of ether oxygens (including phenoxy) is 3. The third-order valence-electron chi connectivity index (χ3n) is 4.36. The third kappa shape index (κ3) is 3.80. The van der Waals surface area contributed by atoms with Crippen LogP contribution in [0.4, 0.5) is 4.39 Å². The zero-order valence-corrected chi connectivity index (χ0v) is 16.9. The Morgan fingerprint density at radius 2 is 2.00 bits per heavy atom. The molecular formula is C20H15BrClFO5. The van der Waals surface area contributed by atoms with Gasteiger partial charge in [0.05, 0.1) is 40.3 Å². The monoisotopic (exact) mass is 468 g/mol. The summed E-state index contributed by atoms with van der Waals surface area (Å²) >= 11 is 9.35. The molecule has 1 aliphatic heterocycles. The number of rotatable bonds is 5. The van der Waals surface area contributed by atoms with Crippen molar-refractivity contribution >= 4 is 38.5 Å². The summed E-state index contributed by atoms with van der Waals surface area (Å²) in [5, 5.41) is 0.600. The molecule has 0 aliphatic carbocycles. The first-order valence-electron chi connectivity index (χ1n) is 8.60. The molecule has 1 fully saturated rings. The summed E-state index contributed by atoms with van der Waals surface area (Å²) in [4.78, 5) is 12.8. The van der Waals surface area contributed by atoms with Crippen LogP contribution in [-0.4, -0.2) is 26.1 Å². The van der Waals surface area contributed by atoms with Gasteiger partial charge in [-0.05, 0) is 40.2 Å². The predicted molar refractivity (Wildman–Crippen MR) is 106 cm³/mol. The number of para-hydroxylation sites is 1. The van der Waals surface area contributed by atoms with Crippen LogP contribution in [0.2, 0.25) is 5.02 Å². The highest BCUT2D eigenvalue weighted by Gasteiger charge is 2.19. The van der Waals surface area contributed by atoms with E-state index in [0.717, 1.165) is 0 Å². The van der Waals surface area contributed by atoms with Gasteiger partial charge < -0.3 is 18.6 Å². The highest BCUT2D eigenvalue weighted by atomic mass is 79.9. The molecule has 5 nitrogen and oxygen atoms in total. The number of hydrogen-bond acceptors (Lipinski definition) is 5. The Kier molecular flexibility index (Phi) is 5.68. The summed E-state index contributed by atoms with van der Waals surface area (Å²) in [6.45, 7) is 1.45. The Morgan fingerprint density at radius 3 is 2.79 bits per heavy atom. The Bertz CT molecular complexity index is 1080. The first-order valence-corrected chi connectivity index (χ1v) is 9.77. The Morgan fingerprint density at radius 1 is 1.21 bits per heavy atom. The van der Waals surface area contributed by atoms with Gasteiger partial charge in [-0.1, -0.05) is 17.7 Å². The standard InChI is InChI=1S/C20H15BrClFO5/c21-14-9-16(23)12(8-17(14)25-5-4-18-26-6-7-27-18)13-10-28-20-11(19(13)24)2-1-3-15(20)22/h1-3,8-10,18H,4-7H2. The molecule has 0 amide bonds. The van der Waals surface area contributed by atoms with E-state index in [-0.39, 0.29) is 33.8 Å². The molecule has 0 radical (unpaired) electrons. The Balaban J connectivity index is 1.66. The maximum atomic E-state index is 14.6. The first kappa shape index (κ1) is 19.4. The summed E-state index contributed by atoms with van der Waals surface area (Å²) in [7, 11) is 0. The number of hydrogen-bond donors (Lipinski definition) is 0. The smallest absolute Gasteiger partial charge is 0.200 e. The molecule has 0 atom stereocenters. The van der Waals surface area contributed by atoms with Crippen molar-refractivity contribution in [2.45, 2.75) is 12.7 Å². The molecule has 0 unspecified atom stereocenters. The van der Waals surface area contributed by atoms with E-state index in [2.05, 4.69) is 15.9 Å². The average Bonchev–Trinajstić information content (AvgIpc) is 3.18. The van der Waals surface area contributed by atoms with E-state index >= 15 is 0 Å². The van der Waals surface area contributed by atoms with Crippen molar-refractivity contribution < 1.29 is 23.0 Å². The zero-order chi connectivity index (χ0) is 19.7. The van der Waals surface area contributed by atoms with E-state index in [4.69, 9.17) is 30.2 Å². The van der Waals surface area contributed by atoms with Gasteiger partial charge in [0.2, 0.25) is 5.43 Å². The van der Waals surface area contributed by atoms with Crippen molar-refractivity contribution in [3.63, 3.8) is 0 Å². The van der Waals surface area contributed by atoms with E-state index in [1.54, 1.807) is 18.2 Å². The molecule has 0 saturated carbocycles. The van der Waals surface area contributed by atoms with Gasteiger partial charge in [-0.25, -0.2) is 4.39 Å². The van der Waals surface area contributed by atoms with E-state index in [0.29, 0.717) is 41.5 Å². The molecule has 0 bridgehead atoms.